The van der Waals surface area contributed by atoms with Crippen molar-refractivity contribution < 1.29 is 14.8 Å². The third-order valence-electron chi connectivity index (χ3n) is 4.32. The lowest BCUT2D eigenvalue weighted by Crippen LogP contribution is -2.45. The van der Waals surface area contributed by atoms with E-state index in [4.69, 9.17) is 5.21 Å². The van der Waals surface area contributed by atoms with Gasteiger partial charge in [0.25, 0.3) is 5.91 Å². The van der Waals surface area contributed by atoms with Crippen molar-refractivity contribution in [2.24, 2.45) is 11.8 Å². The average Bonchev–Trinajstić information content (AvgIpc) is 2.99. The van der Waals surface area contributed by atoms with E-state index in [1.54, 1.807) is 5.48 Å². The Kier molecular flexibility index (Phi) is 6.75. The molecule has 2 rings (SSSR count). The summed E-state index contributed by atoms with van der Waals surface area (Å²) >= 11 is 0. The summed E-state index contributed by atoms with van der Waals surface area (Å²) in [7, 11) is 0. The number of carbonyl (C=O) groups excluding carboxylic acids is 2. The fourth-order valence-electron chi connectivity index (χ4n) is 3.12. The van der Waals surface area contributed by atoms with Crippen LogP contribution in [0.1, 0.15) is 32.3 Å². The molecule has 1 aliphatic heterocycles. The van der Waals surface area contributed by atoms with Gasteiger partial charge in [0.2, 0.25) is 5.91 Å². The van der Waals surface area contributed by atoms with Crippen LogP contribution in [0.4, 0.5) is 0 Å². The summed E-state index contributed by atoms with van der Waals surface area (Å²) in [5.41, 5.74) is 2.86. The predicted molar refractivity (Wildman–Crippen MR) is 91.1 cm³/mol. The second kappa shape index (κ2) is 8.80. The van der Waals surface area contributed by atoms with E-state index in [1.165, 1.54) is 5.56 Å². The summed E-state index contributed by atoms with van der Waals surface area (Å²) in [6.45, 7) is 6.45. The fraction of sp³-hybridized carbons (Fsp3) is 0.556. The zero-order chi connectivity index (χ0) is 17.5. The van der Waals surface area contributed by atoms with Gasteiger partial charge in [0.05, 0.1) is 0 Å². The second-order valence-corrected chi connectivity index (χ2v) is 6.87. The van der Waals surface area contributed by atoms with Crippen molar-refractivity contribution in [1.29, 1.82) is 0 Å². The summed E-state index contributed by atoms with van der Waals surface area (Å²) in [5.74, 6) is -1.60. The van der Waals surface area contributed by atoms with Gasteiger partial charge < -0.3 is 5.32 Å². The Balaban J connectivity index is 1.86. The zero-order valence-electron chi connectivity index (χ0n) is 14.4. The number of hydroxylamine groups is 1. The molecule has 1 heterocycles. The highest BCUT2D eigenvalue weighted by Gasteiger charge is 2.31. The maximum atomic E-state index is 12.4. The number of carbonyl (C=O) groups is 2. The summed E-state index contributed by atoms with van der Waals surface area (Å²) < 4.78 is 0. The lowest BCUT2D eigenvalue weighted by molar-refractivity contribution is -0.141. The van der Waals surface area contributed by atoms with E-state index >= 15 is 0 Å². The number of benzene rings is 1. The normalized spacial score (nSPS) is 19.2. The van der Waals surface area contributed by atoms with Crippen LogP contribution in [0.5, 0.6) is 0 Å². The maximum Gasteiger partial charge on any atom is 0.255 e. The molecule has 2 amide bonds. The SMILES string of the molecule is CC(C)CC(C(=O)NO)C(=O)N[C@H]1CCN(Cc2ccccc2)C1. The first-order valence-electron chi connectivity index (χ1n) is 8.50. The second-order valence-electron chi connectivity index (χ2n) is 6.87. The smallest absolute Gasteiger partial charge is 0.255 e. The lowest BCUT2D eigenvalue weighted by atomic mass is 9.95. The molecule has 1 aromatic rings. The third-order valence-corrected chi connectivity index (χ3v) is 4.32. The predicted octanol–water partition coefficient (Wildman–Crippen LogP) is 1.54. The number of hydrogen-bond donors (Lipinski definition) is 3. The van der Waals surface area contributed by atoms with Crippen LogP contribution in [0, 0.1) is 11.8 Å². The Morgan fingerprint density at radius 2 is 1.96 bits per heavy atom. The minimum atomic E-state index is -0.849. The molecule has 1 aliphatic rings. The summed E-state index contributed by atoms with van der Waals surface area (Å²) in [5, 5.41) is 11.8. The summed E-state index contributed by atoms with van der Waals surface area (Å²) in [6, 6.07) is 10.3. The van der Waals surface area contributed by atoms with Gasteiger partial charge in [0, 0.05) is 25.7 Å². The number of hydrogen-bond acceptors (Lipinski definition) is 4. The minimum absolute atomic E-state index is 0.0439. The molecule has 0 aromatic heterocycles. The molecule has 0 radical (unpaired) electrons. The number of likely N-dealkylation sites (tertiary alicyclic amines) is 1. The molecule has 3 N–H and O–H groups in total. The summed E-state index contributed by atoms with van der Waals surface area (Å²) in [4.78, 5) is 26.4. The number of rotatable bonds is 7. The van der Waals surface area contributed by atoms with Crippen molar-refractivity contribution in [2.45, 2.75) is 39.3 Å². The van der Waals surface area contributed by atoms with Crippen LogP contribution in [0.2, 0.25) is 0 Å². The van der Waals surface area contributed by atoms with Crippen molar-refractivity contribution in [1.82, 2.24) is 15.7 Å². The van der Waals surface area contributed by atoms with Gasteiger partial charge in [-0.25, -0.2) is 5.48 Å². The molecule has 0 aliphatic carbocycles. The molecule has 1 saturated heterocycles. The maximum absolute atomic E-state index is 12.4. The van der Waals surface area contributed by atoms with Crippen LogP contribution in [-0.4, -0.2) is 41.1 Å². The molecule has 0 saturated carbocycles. The van der Waals surface area contributed by atoms with E-state index in [0.717, 1.165) is 26.1 Å². The largest absolute Gasteiger partial charge is 0.351 e. The first-order chi connectivity index (χ1) is 11.5. The van der Waals surface area contributed by atoms with E-state index < -0.39 is 11.8 Å². The Morgan fingerprint density at radius 1 is 1.25 bits per heavy atom. The highest BCUT2D eigenvalue weighted by Crippen LogP contribution is 2.16. The molecule has 6 heteroatoms. The molecule has 0 spiro atoms. The van der Waals surface area contributed by atoms with E-state index in [-0.39, 0.29) is 17.9 Å². The van der Waals surface area contributed by atoms with Gasteiger partial charge in [-0.05, 0) is 24.3 Å². The molecular weight excluding hydrogens is 306 g/mol. The number of nitrogens with one attached hydrogen (secondary N) is 2. The molecular formula is C18H27N3O3. The Morgan fingerprint density at radius 3 is 2.58 bits per heavy atom. The van der Waals surface area contributed by atoms with E-state index in [1.807, 2.05) is 32.0 Å². The molecule has 1 unspecified atom stereocenters. The fourth-order valence-corrected chi connectivity index (χ4v) is 3.12. The minimum Gasteiger partial charge on any atom is -0.351 e. The van der Waals surface area contributed by atoms with Gasteiger partial charge in [0.1, 0.15) is 5.92 Å². The molecule has 1 aromatic carbocycles. The van der Waals surface area contributed by atoms with Gasteiger partial charge in [-0.15, -0.1) is 0 Å². The van der Waals surface area contributed by atoms with Crippen LogP contribution in [0.3, 0.4) is 0 Å². The highest BCUT2D eigenvalue weighted by atomic mass is 16.5. The van der Waals surface area contributed by atoms with Crippen molar-refractivity contribution in [3.8, 4) is 0 Å². The first kappa shape index (κ1) is 18.4. The van der Waals surface area contributed by atoms with E-state index in [9.17, 15) is 9.59 Å². The molecule has 132 valence electrons. The van der Waals surface area contributed by atoms with E-state index in [0.29, 0.717) is 6.42 Å². The van der Waals surface area contributed by atoms with Gasteiger partial charge in [-0.2, -0.15) is 0 Å². The topological polar surface area (TPSA) is 81.7 Å². The highest BCUT2D eigenvalue weighted by molar-refractivity contribution is 5.99. The quantitative estimate of drug-likeness (QED) is 0.402. The van der Waals surface area contributed by atoms with Crippen LogP contribution < -0.4 is 10.8 Å². The molecule has 2 atom stereocenters. The molecule has 6 nitrogen and oxygen atoms in total. The van der Waals surface area contributed by atoms with Crippen molar-refractivity contribution in [3.05, 3.63) is 35.9 Å². The van der Waals surface area contributed by atoms with Crippen LogP contribution in [0.15, 0.2) is 30.3 Å². The van der Waals surface area contributed by atoms with Gasteiger partial charge in [-0.1, -0.05) is 44.2 Å². The Bertz CT molecular complexity index is 548. The Hall–Kier alpha value is -1.92. The number of nitrogens with zero attached hydrogens (tertiary/aromatic N) is 1. The third kappa shape index (κ3) is 5.32. The van der Waals surface area contributed by atoms with Gasteiger partial charge >= 0.3 is 0 Å². The van der Waals surface area contributed by atoms with Crippen LogP contribution >= 0.6 is 0 Å². The average molecular weight is 333 g/mol. The van der Waals surface area contributed by atoms with Crippen LogP contribution in [0.25, 0.3) is 0 Å². The Labute approximate surface area is 143 Å². The molecule has 1 fully saturated rings. The number of amides is 2. The van der Waals surface area contributed by atoms with Crippen molar-refractivity contribution in [3.63, 3.8) is 0 Å². The van der Waals surface area contributed by atoms with E-state index in [2.05, 4.69) is 22.3 Å². The molecule has 24 heavy (non-hydrogen) atoms. The van der Waals surface area contributed by atoms with Gasteiger partial charge in [-0.3, -0.25) is 19.7 Å². The molecule has 0 bridgehead atoms. The standard InChI is InChI=1S/C18H27N3O3/c1-13(2)10-16(18(23)20-24)17(22)19-15-8-9-21(12-15)11-14-6-4-3-5-7-14/h3-7,13,15-16,24H,8-12H2,1-2H3,(H,19,22)(H,20,23)/t15-,16?/m0/s1. The zero-order valence-corrected chi connectivity index (χ0v) is 14.4. The first-order valence-corrected chi connectivity index (χ1v) is 8.50. The van der Waals surface area contributed by atoms with Crippen molar-refractivity contribution in [2.75, 3.05) is 13.1 Å². The lowest BCUT2D eigenvalue weighted by Gasteiger charge is -2.20. The van der Waals surface area contributed by atoms with Gasteiger partial charge in [0.15, 0.2) is 0 Å². The van der Waals surface area contributed by atoms with Crippen molar-refractivity contribution >= 4 is 11.8 Å². The monoisotopic (exact) mass is 333 g/mol. The summed E-state index contributed by atoms with van der Waals surface area (Å²) in [6.07, 6.45) is 1.28. The van der Waals surface area contributed by atoms with Crippen LogP contribution in [-0.2, 0) is 16.1 Å².